The van der Waals surface area contributed by atoms with Crippen LogP contribution >= 0.6 is 0 Å². The van der Waals surface area contributed by atoms with E-state index in [1.54, 1.807) is 30.5 Å². The number of aliphatic hydroxyl groups is 2. The van der Waals surface area contributed by atoms with Gasteiger partial charge >= 0.3 is 11.9 Å². The van der Waals surface area contributed by atoms with Crippen molar-refractivity contribution in [3.05, 3.63) is 95.7 Å². The highest BCUT2D eigenvalue weighted by atomic mass is 32.2. The Balaban J connectivity index is 1.92. The Kier molecular flexibility index (Phi) is 11.7. The molecule has 1 aromatic heterocycles. The third kappa shape index (κ3) is 8.85. The lowest BCUT2D eigenvalue weighted by molar-refractivity contribution is -0.140. The molecule has 0 bridgehead atoms. The summed E-state index contributed by atoms with van der Waals surface area (Å²) in [7, 11) is -3.14. The van der Waals surface area contributed by atoms with Gasteiger partial charge in [-0.05, 0) is 84.0 Å². The number of carboxylic acid groups (broad SMARTS) is 1. The second-order valence-electron chi connectivity index (χ2n) is 11.7. The molecule has 0 aliphatic carbocycles. The van der Waals surface area contributed by atoms with Crippen LogP contribution in [0.3, 0.4) is 0 Å². The van der Waals surface area contributed by atoms with Gasteiger partial charge in [0, 0.05) is 23.5 Å². The molecule has 0 saturated carbocycles. The van der Waals surface area contributed by atoms with E-state index < -0.39 is 58.1 Å². The molecule has 3 aromatic carbocycles. The van der Waals surface area contributed by atoms with Crippen LogP contribution in [0.4, 0.5) is 14.5 Å². The molecule has 256 valence electrons. The van der Waals surface area contributed by atoms with Gasteiger partial charge in [-0.25, -0.2) is 17.2 Å². The van der Waals surface area contributed by atoms with Gasteiger partial charge in [-0.3, -0.25) is 14.3 Å². The van der Waals surface area contributed by atoms with Crippen molar-refractivity contribution < 1.29 is 46.8 Å². The van der Waals surface area contributed by atoms with Crippen LogP contribution in [0, 0.1) is 11.6 Å². The number of anilines is 1. The molecule has 1 heterocycles. The summed E-state index contributed by atoms with van der Waals surface area (Å²) in [5, 5.41) is 29.9. The van der Waals surface area contributed by atoms with E-state index in [0.717, 1.165) is 0 Å². The van der Waals surface area contributed by atoms with E-state index in [0.29, 0.717) is 28.1 Å². The fourth-order valence-electron chi connectivity index (χ4n) is 5.61. The van der Waals surface area contributed by atoms with Crippen molar-refractivity contribution in [3.8, 4) is 22.4 Å². The summed E-state index contributed by atoms with van der Waals surface area (Å²) < 4.78 is 66.2. The molecule has 0 fully saturated rings. The highest BCUT2D eigenvalue weighted by Gasteiger charge is 2.34. The minimum absolute atomic E-state index is 0.00118. The maximum absolute atomic E-state index is 14.5. The number of carbonyl (C=O) groups excluding carboxylic acids is 1. The smallest absolute Gasteiger partial charge is 0.309 e. The number of rotatable bonds is 15. The third-order valence-corrected chi connectivity index (χ3v) is 9.20. The summed E-state index contributed by atoms with van der Waals surface area (Å²) in [5.74, 6) is -3.15. The standard InChI is InChI=1S/C35H38F2N2O8S/c1-21(2)33-35(48(45,46)38-27-14-4-22(5-15-27)18-31(44)47-3)32(23-6-10-25(36)11-7-23)34(24-8-12-26(37)13-9-24)39(33)17-16-28(40)19-29(41)20-30(42)43/h4-15,21,28-29,38,40-41H,16-20H2,1-3H3,(H,42,43)/t28-,29-/m1/s1. The number of methoxy groups -OCH3 is 1. The normalized spacial score (nSPS) is 12.9. The Bertz CT molecular complexity index is 1840. The number of aliphatic carboxylic acids is 1. The fraction of sp³-hybridized carbons (Fsp3) is 0.314. The first-order chi connectivity index (χ1) is 22.7. The zero-order valence-electron chi connectivity index (χ0n) is 26.7. The summed E-state index contributed by atoms with van der Waals surface area (Å²) in [6.07, 6.45) is -3.20. The number of sulfonamides is 1. The number of nitrogens with one attached hydrogen (secondary N) is 1. The molecule has 4 N–H and O–H groups in total. The highest BCUT2D eigenvalue weighted by molar-refractivity contribution is 7.93. The minimum Gasteiger partial charge on any atom is -0.481 e. The lowest BCUT2D eigenvalue weighted by Crippen LogP contribution is -2.22. The SMILES string of the molecule is COC(=O)Cc1ccc(NS(=O)(=O)c2c(-c3ccc(F)cc3)c(-c3ccc(F)cc3)n(CC[C@@H](O)C[C@@H](O)CC(=O)O)c2C(C)C)cc1. The number of ether oxygens (including phenoxy) is 1. The minimum atomic E-state index is -4.41. The van der Waals surface area contributed by atoms with Gasteiger partial charge < -0.3 is 24.6 Å². The Labute approximate surface area is 277 Å². The van der Waals surface area contributed by atoms with Crippen molar-refractivity contribution in [1.29, 1.82) is 0 Å². The van der Waals surface area contributed by atoms with Crippen molar-refractivity contribution in [2.24, 2.45) is 0 Å². The van der Waals surface area contributed by atoms with Crippen molar-refractivity contribution in [3.63, 3.8) is 0 Å². The van der Waals surface area contributed by atoms with Crippen LogP contribution < -0.4 is 4.72 Å². The Morgan fingerprint density at radius 3 is 1.96 bits per heavy atom. The fourth-order valence-corrected chi connectivity index (χ4v) is 7.27. The molecule has 2 atom stereocenters. The maximum Gasteiger partial charge on any atom is 0.309 e. The van der Waals surface area contributed by atoms with E-state index in [4.69, 9.17) is 9.84 Å². The van der Waals surface area contributed by atoms with E-state index in [1.807, 2.05) is 0 Å². The average Bonchev–Trinajstić information content (AvgIpc) is 3.37. The lowest BCUT2D eigenvalue weighted by atomic mass is 10.00. The molecule has 0 radical (unpaired) electrons. The summed E-state index contributed by atoms with van der Waals surface area (Å²) in [6.45, 7) is 3.62. The number of benzene rings is 3. The van der Waals surface area contributed by atoms with Crippen LogP contribution in [0.1, 0.15) is 50.3 Å². The molecule has 4 rings (SSSR count). The Morgan fingerprint density at radius 2 is 1.44 bits per heavy atom. The van der Waals surface area contributed by atoms with E-state index in [9.17, 15) is 37.0 Å². The number of carboxylic acids is 1. The van der Waals surface area contributed by atoms with Gasteiger partial charge in [-0.1, -0.05) is 38.1 Å². The number of halogens is 2. The molecule has 0 aliphatic heterocycles. The summed E-state index contributed by atoms with van der Waals surface area (Å²) in [6, 6.07) is 17.0. The molecule has 0 spiro atoms. The maximum atomic E-state index is 14.5. The van der Waals surface area contributed by atoms with Gasteiger partial charge in [0.2, 0.25) is 0 Å². The number of esters is 1. The molecular formula is C35H38F2N2O8S. The van der Waals surface area contributed by atoms with Crippen molar-refractivity contribution in [2.45, 2.75) is 69.1 Å². The number of carbonyl (C=O) groups is 2. The van der Waals surface area contributed by atoms with Crippen LogP contribution in [0.25, 0.3) is 22.4 Å². The average molecular weight is 685 g/mol. The second kappa shape index (κ2) is 15.5. The number of aliphatic hydroxyl groups excluding tert-OH is 2. The van der Waals surface area contributed by atoms with Gasteiger partial charge in [0.15, 0.2) is 0 Å². The monoisotopic (exact) mass is 684 g/mol. The second-order valence-corrected chi connectivity index (χ2v) is 13.4. The zero-order valence-corrected chi connectivity index (χ0v) is 27.5. The van der Waals surface area contributed by atoms with E-state index in [2.05, 4.69) is 4.72 Å². The molecule has 4 aromatic rings. The molecule has 13 heteroatoms. The van der Waals surface area contributed by atoms with E-state index in [1.165, 1.54) is 67.8 Å². The quantitative estimate of drug-likeness (QED) is 0.116. The van der Waals surface area contributed by atoms with E-state index in [-0.39, 0.29) is 42.0 Å². The molecule has 0 aliphatic rings. The Hall–Kier alpha value is -4.59. The topological polar surface area (TPSA) is 155 Å². The number of nitrogens with zero attached hydrogens (tertiary/aromatic N) is 1. The molecule has 0 unspecified atom stereocenters. The van der Waals surface area contributed by atoms with Gasteiger partial charge in [-0.2, -0.15) is 0 Å². The van der Waals surface area contributed by atoms with Crippen LogP contribution in [0.15, 0.2) is 77.7 Å². The van der Waals surface area contributed by atoms with Gasteiger partial charge in [0.05, 0.1) is 37.9 Å². The molecule has 48 heavy (non-hydrogen) atoms. The van der Waals surface area contributed by atoms with Crippen LogP contribution in [-0.4, -0.2) is 59.6 Å². The van der Waals surface area contributed by atoms with Crippen molar-refractivity contribution in [2.75, 3.05) is 11.8 Å². The molecule has 10 nitrogen and oxygen atoms in total. The van der Waals surface area contributed by atoms with Crippen molar-refractivity contribution in [1.82, 2.24) is 4.57 Å². The molecular weight excluding hydrogens is 646 g/mol. The predicted octanol–water partition coefficient (Wildman–Crippen LogP) is 5.72. The number of aromatic nitrogens is 1. The third-order valence-electron chi connectivity index (χ3n) is 7.75. The van der Waals surface area contributed by atoms with Gasteiger partial charge in [-0.15, -0.1) is 0 Å². The first-order valence-electron chi connectivity index (χ1n) is 15.2. The largest absolute Gasteiger partial charge is 0.481 e. The van der Waals surface area contributed by atoms with Crippen LogP contribution in [0.2, 0.25) is 0 Å². The highest BCUT2D eigenvalue weighted by Crippen LogP contribution is 2.45. The molecule has 0 amide bonds. The first-order valence-corrected chi connectivity index (χ1v) is 16.7. The van der Waals surface area contributed by atoms with Gasteiger partial charge in [0.1, 0.15) is 16.5 Å². The Morgan fingerprint density at radius 1 is 0.875 bits per heavy atom. The number of hydrogen-bond donors (Lipinski definition) is 4. The summed E-state index contributed by atoms with van der Waals surface area (Å²) in [4.78, 5) is 22.6. The van der Waals surface area contributed by atoms with E-state index >= 15 is 0 Å². The van der Waals surface area contributed by atoms with Crippen molar-refractivity contribution >= 4 is 27.6 Å². The number of hydrogen-bond acceptors (Lipinski definition) is 7. The lowest BCUT2D eigenvalue weighted by Gasteiger charge is -2.20. The van der Waals surface area contributed by atoms with Gasteiger partial charge in [0.25, 0.3) is 10.0 Å². The molecule has 0 saturated heterocycles. The predicted molar refractivity (Wildman–Crippen MR) is 176 cm³/mol. The van der Waals surface area contributed by atoms with Crippen LogP contribution in [-0.2, 0) is 37.3 Å². The summed E-state index contributed by atoms with van der Waals surface area (Å²) in [5.41, 5.74) is 2.58. The summed E-state index contributed by atoms with van der Waals surface area (Å²) >= 11 is 0. The zero-order chi connectivity index (χ0) is 35.2. The first kappa shape index (κ1) is 36.2. The van der Waals surface area contributed by atoms with Crippen LogP contribution in [0.5, 0.6) is 0 Å².